The summed E-state index contributed by atoms with van der Waals surface area (Å²) in [5, 5.41) is 14.4. The maximum absolute atomic E-state index is 11.7. The summed E-state index contributed by atoms with van der Waals surface area (Å²) >= 11 is 0. The molecule has 0 spiro atoms. The van der Waals surface area contributed by atoms with Gasteiger partial charge in [-0.1, -0.05) is 20.8 Å². The maximum Gasteiger partial charge on any atom is 0.245 e. The topological polar surface area (TPSA) is 78.4 Å². The number of rotatable bonds is 5. The number of hydrogen-bond donors (Lipinski definition) is 3. The average molecular weight is 230 g/mol. The minimum atomic E-state index is -0.914. The summed E-state index contributed by atoms with van der Waals surface area (Å²) in [5.74, 6) is -0.603. The minimum Gasteiger partial charge on any atom is -0.391 e. The van der Waals surface area contributed by atoms with Crippen molar-refractivity contribution >= 4 is 11.8 Å². The molecule has 0 aromatic heterocycles. The standard InChI is InChI=1S/C11H22N2O3/c1-6(2)7(3)10(15)13-9(8(4)14)11(16)12-5/h6-9,14H,1-5H3,(H,12,16)(H,13,15)/t7-,8+,9-/m0/s1. The molecule has 94 valence electrons. The Morgan fingerprint density at radius 1 is 1.06 bits per heavy atom. The lowest BCUT2D eigenvalue weighted by Crippen LogP contribution is -2.53. The second-order valence-corrected chi connectivity index (χ2v) is 4.37. The second-order valence-electron chi connectivity index (χ2n) is 4.37. The van der Waals surface area contributed by atoms with E-state index in [4.69, 9.17) is 0 Å². The molecule has 16 heavy (non-hydrogen) atoms. The van der Waals surface area contributed by atoms with Crippen LogP contribution in [0.25, 0.3) is 0 Å². The summed E-state index contributed by atoms with van der Waals surface area (Å²) in [5.41, 5.74) is 0. The van der Waals surface area contributed by atoms with Crippen LogP contribution < -0.4 is 10.6 Å². The van der Waals surface area contributed by atoms with Gasteiger partial charge in [-0.05, 0) is 12.8 Å². The van der Waals surface area contributed by atoms with Crippen LogP contribution in [0, 0.1) is 11.8 Å². The van der Waals surface area contributed by atoms with Gasteiger partial charge in [0.1, 0.15) is 6.04 Å². The SMILES string of the molecule is CNC(=O)[C@@H](NC(=O)[C@@H](C)C(C)C)[C@@H](C)O. The van der Waals surface area contributed by atoms with Gasteiger partial charge in [0.15, 0.2) is 0 Å². The van der Waals surface area contributed by atoms with Crippen LogP contribution >= 0.6 is 0 Å². The van der Waals surface area contributed by atoms with Crippen LogP contribution in [0.15, 0.2) is 0 Å². The van der Waals surface area contributed by atoms with Crippen LogP contribution in [0.3, 0.4) is 0 Å². The zero-order valence-corrected chi connectivity index (χ0v) is 10.6. The smallest absolute Gasteiger partial charge is 0.245 e. The summed E-state index contributed by atoms with van der Waals surface area (Å²) in [6, 6.07) is -0.890. The van der Waals surface area contributed by atoms with Gasteiger partial charge in [0.05, 0.1) is 6.10 Å². The molecule has 0 radical (unpaired) electrons. The molecule has 3 atom stereocenters. The van der Waals surface area contributed by atoms with E-state index in [9.17, 15) is 14.7 Å². The monoisotopic (exact) mass is 230 g/mol. The van der Waals surface area contributed by atoms with E-state index in [2.05, 4.69) is 10.6 Å². The van der Waals surface area contributed by atoms with E-state index < -0.39 is 12.1 Å². The molecule has 0 aliphatic heterocycles. The highest BCUT2D eigenvalue weighted by molar-refractivity contribution is 5.88. The molecule has 0 aromatic carbocycles. The van der Waals surface area contributed by atoms with Crippen LogP contribution in [0.1, 0.15) is 27.7 Å². The van der Waals surface area contributed by atoms with Crippen molar-refractivity contribution < 1.29 is 14.7 Å². The van der Waals surface area contributed by atoms with Gasteiger partial charge in [-0.2, -0.15) is 0 Å². The number of carbonyl (C=O) groups excluding carboxylic acids is 2. The zero-order chi connectivity index (χ0) is 12.9. The normalized spacial score (nSPS) is 16.4. The first-order valence-corrected chi connectivity index (χ1v) is 5.51. The minimum absolute atomic E-state index is 0.189. The van der Waals surface area contributed by atoms with Gasteiger partial charge in [-0.25, -0.2) is 0 Å². The highest BCUT2D eigenvalue weighted by Crippen LogP contribution is 2.10. The summed E-state index contributed by atoms with van der Waals surface area (Å²) in [4.78, 5) is 23.1. The third-order valence-electron chi connectivity index (χ3n) is 2.72. The lowest BCUT2D eigenvalue weighted by molar-refractivity contribution is -0.133. The lowest BCUT2D eigenvalue weighted by Gasteiger charge is -2.23. The summed E-state index contributed by atoms with van der Waals surface area (Å²) in [6.45, 7) is 7.13. The quantitative estimate of drug-likeness (QED) is 0.616. The Kier molecular flexibility index (Phi) is 6.03. The molecule has 0 saturated carbocycles. The number of aliphatic hydroxyl groups is 1. The molecule has 0 aromatic rings. The number of hydrogen-bond acceptors (Lipinski definition) is 3. The number of aliphatic hydroxyl groups excluding tert-OH is 1. The predicted molar refractivity (Wildman–Crippen MR) is 61.7 cm³/mol. The first kappa shape index (κ1) is 14.9. The van der Waals surface area contributed by atoms with E-state index in [-0.39, 0.29) is 23.7 Å². The molecular weight excluding hydrogens is 208 g/mol. The second kappa shape index (κ2) is 6.48. The van der Waals surface area contributed by atoms with Crippen molar-refractivity contribution in [2.45, 2.75) is 39.8 Å². The molecule has 2 amide bonds. The first-order chi connectivity index (χ1) is 7.31. The largest absolute Gasteiger partial charge is 0.391 e. The van der Waals surface area contributed by atoms with E-state index >= 15 is 0 Å². The Hall–Kier alpha value is -1.10. The Morgan fingerprint density at radius 2 is 1.56 bits per heavy atom. The number of carbonyl (C=O) groups is 2. The molecule has 5 nitrogen and oxygen atoms in total. The van der Waals surface area contributed by atoms with Gasteiger partial charge in [-0.15, -0.1) is 0 Å². The van der Waals surface area contributed by atoms with E-state index in [0.717, 1.165) is 0 Å². The van der Waals surface area contributed by atoms with E-state index in [1.165, 1.54) is 14.0 Å². The van der Waals surface area contributed by atoms with E-state index in [0.29, 0.717) is 0 Å². The van der Waals surface area contributed by atoms with E-state index in [1.807, 2.05) is 13.8 Å². The highest BCUT2D eigenvalue weighted by atomic mass is 16.3. The van der Waals surface area contributed by atoms with Gasteiger partial charge in [0, 0.05) is 13.0 Å². The Bertz CT molecular complexity index is 252. The Morgan fingerprint density at radius 3 is 1.88 bits per heavy atom. The highest BCUT2D eigenvalue weighted by Gasteiger charge is 2.27. The van der Waals surface area contributed by atoms with Crippen LogP contribution in [0.4, 0.5) is 0 Å². The predicted octanol–water partition coefficient (Wildman–Crippen LogP) is -0.110. The van der Waals surface area contributed by atoms with Crippen molar-refractivity contribution in [3.63, 3.8) is 0 Å². The lowest BCUT2D eigenvalue weighted by atomic mass is 9.96. The molecule has 0 rings (SSSR count). The molecule has 0 aliphatic carbocycles. The third kappa shape index (κ3) is 4.18. The average Bonchev–Trinajstić information content (AvgIpc) is 2.22. The van der Waals surface area contributed by atoms with Crippen molar-refractivity contribution in [3.05, 3.63) is 0 Å². The molecule has 0 unspecified atom stereocenters. The number of likely N-dealkylation sites (N-methyl/N-ethyl adjacent to an activating group) is 1. The summed E-state index contributed by atoms with van der Waals surface area (Å²) in [6.07, 6.45) is -0.914. The fraction of sp³-hybridized carbons (Fsp3) is 0.818. The van der Waals surface area contributed by atoms with Crippen molar-refractivity contribution in [1.29, 1.82) is 0 Å². The number of amides is 2. The van der Waals surface area contributed by atoms with Crippen molar-refractivity contribution in [1.82, 2.24) is 10.6 Å². The molecule has 0 aliphatic rings. The van der Waals surface area contributed by atoms with Crippen LogP contribution in [0.5, 0.6) is 0 Å². The zero-order valence-electron chi connectivity index (χ0n) is 10.6. The molecular formula is C11H22N2O3. The molecule has 0 fully saturated rings. The van der Waals surface area contributed by atoms with Gasteiger partial charge in [-0.3, -0.25) is 9.59 Å². The Balaban J connectivity index is 4.53. The molecule has 5 heteroatoms. The van der Waals surface area contributed by atoms with Crippen molar-refractivity contribution in [2.24, 2.45) is 11.8 Å². The molecule has 0 saturated heterocycles. The van der Waals surface area contributed by atoms with Gasteiger partial charge >= 0.3 is 0 Å². The summed E-state index contributed by atoms with van der Waals surface area (Å²) in [7, 11) is 1.47. The molecule has 0 bridgehead atoms. The number of nitrogens with one attached hydrogen (secondary N) is 2. The molecule has 3 N–H and O–H groups in total. The van der Waals surface area contributed by atoms with Gasteiger partial charge in [0.2, 0.25) is 11.8 Å². The molecule has 0 heterocycles. The van der Waals surface area contributed by atoms with Crippen molar-refractivity contribution in [3.8, 4) is 0 Å². The Labute approximate surface area is 96.6 Å². The van der Waals surface area contributed by atoms with Gasteiger partial charge in [0.25, 0.3) is 0 Å². The van der Waals surface area contributed by atoms with E-state index in [1.54, 1.807) is 6.92 Å². The fourth-order valence-electron chi connectivity index (χ4n) is 1.15. The maximum atomic E-state index is 11.7. The first-order valence-electron chi connectivity index (χ1n) is 5.51. The van der Waals surface area contributed by atoms with Crippen LogP contribution in [0.2, 0.25) is 0 Å². The fourth-order valence-corrected chi connectivity index (χ4v) is 1.15. The van der Waals surface area contributed by atoms with Crippen LogP contribution in [-0.4, -0.2) is 36.1 Å². The van der Waals surface area contributed by atoms with Crippen LogP contribution in [-0.2, 0) is 9.59 Å². The van der Waals surface area contributed by atoms with Crippen molar-refractivity contribution in [2.75, 3.05) is 7.05 Å². The summed E-state index contributed by atoms with van der Waals surface area (Å²) < 4.78 is 0. The van der Waals surface area contributed by atoms with Gasteiger partial charge < -0.3 is 15.7 Å². The third-order valence-corrected chi connectivity index (χ3v) is 2.72.